The molecule has 1 saturated heterocycles. The average Bonchev–Trinajstić information content (AvgIpc) is 3.27. The molecule has 9 nitrogen and oxygen atoms in total. The van der Waals surface area contributed by atoms with E-state index >= 15 is 0 Å². The summed E-state index contributed by atoms with van der Waals surface area (Å²) in [5.74, 6) is 1.06. The van der Waals surface area contributed by atoms with Gasteiger partial charge in [0.1, 0.15) is 17.2 Å². The molecule has 2 amide bonds. The fourth-order valence-corrected chi connectivity index (χ4v) is 3.96. The molecule has 0 unspecified atom stereocenters. The summed E-state index contributed by atoms with van der Waals surface area (Å²) in [5.41, 5.74) is 1.27. The number of aromatic amines is 1. The molecule has 1 aliphatic rings. The predicted octanol–water partition coefficient (Wildman–Crippen LogP) is 2.50. The van der Waals surface area contributed by atoms with Crippen LogP contribution in [-0.2, 0) is 0 Å². The number of piperazine rings is 1. The predicted molar refractivity (Wildman–Crippen MR) is 118 cm³/mol. The first-order valence-corrected chi connectivity index (χ1v) is 10.2. The van der Waals surface area contributed by atoms with E-state index < -0.39 is 0 Å². The minimum atomic E-state index is -0.248. The van der Waals surface area contributed by atoms with Crippen molar-refractivity contribution in [2.24, 2.45) is 0 Å². The van der Waals surface area contributed by atoms with Crippen LogP contribution >= 0.6 is 0 Å². The molecule has 9 heteroatoms. The highest BCUT2D eigenvalue weighted by atomic mass is 16.5. The van der Waals surface area contributed by atoms with Crippen molar-refractivity contribution in [1.29, 1.82) is 0 Å². The number of aromatic hydroxyl groups is 1. The Labute approximate surface area is 185 Å². The topological polar surface area (TPSA) is 104 Å². The molecule has 0 saturated carbocycles. The molecular formula is C23H25N3O6. The van der Waals surface area contributed by atoms with Crippen molar-refractivity contribution in [1.82, 2.24) is 14.8 Å². The number of carbonyl (C=O) groups is 2. The fraction of sp³-hybridized carbons (Fsp3) is 0.304. The summed E-state index contributed by atoms with van der Waals surface area (Å²) < 4.78 is 16.3. The minimum absolute atomic E-state index is 0.0487. The first kappa shape index (κ1) is 21.4. The van der Waals surface area contributed by atoms with Gasteiger partial charge in [0, 0.05) is 37.6 Å². The number of methoxy groups -OCH3 is 3. The normalized spacial score (nSPS) is 13.8. The zero-order chi connectivity index (χ0) is 22.8. The van der Waals surface area contributed by atoms with Gasteiger partial charge in [-0.05, 0) is 18.2 Å². The van der Waals surface area contributed by atoms with Crippen molar-refractivity contribution in [2.45, 2.75) is 0 Å². The monoisotopic (exact) mass is 439 g/mol. The molecule has 4 rings (SSSR count). The number of ether oxygens (including phenoxy) is 3. The van der Waals surface area contributed by atoms with Crippen LogP contribution in [-0.4, -0.2) is 79.2 Å². The number of phenolic OH excluding ortho intramolecular Hbond substituents is 1. The molecule has 32 heavy (non-hydrogen) atoms. The lowest BCUT2D eigenvalue weighted by Gasteiger charge is -2.34. The number of amides is 2. The number of benzene rings is 2. The van der Waals surface area contributed by atoms with Crippen LogP contribution in [0.5, 0.6) is 23.0 Å². The van der Waals surface area contributed by atoms with E-state index in [1.165, 1.54) is 20.3 Å². The molecule has 0 radical (unpaired) electrons. The number of aromatic nitrogens is 1. The largest absolute Gasteiger partial charge is 0.507 e. The third-order valence-corrected chi connectivity index (χ3v) is 5.66. The van der Waals surface area contributed by atoms with Crippen molar-refractivity contribution < 1.29 is 28.9 Å². The second-order valence-corrected chi connectivity index (χ2v) is 7.39. The molecular weight excluding hydrogens is 414 g/mol. The maximum atomic E-state index is 13.2. The maximum Gasteiger partial charge on any atom is 0.270 e. The molecule has 0 spiro atoms. The van der Waals surface area contributed by atoms with Crippen LogP contribution < -0.4 is 14.2 Å². The summed E-state index contributed by atoms with van der Waals surface area (Å²) in [7, 11) is 4.62. The van der Waals surface area contributed by atoms with Crippen LogP contribution in [0.3, 0.4) is 0 Å². The van der Waals surface area contributed by atoms with Crippen molar-refractivity contribution in [3.8, 4) is 23.0 Å². The SMILES string of the molecule is COc1cc(OC)c2cc(C(=O)N3CCN(C(=O)c4ccccc4O)CC3)[nH]c2c1OC. The standard InChI is InChI=1S/C23H25N3O6/c1-30-18-13-19(31-2)21(32-3)20-15(18)12-16(24-20)23(29)26-10-8-25(9-11-26)22(28)14-6-4-5-7-17(14)27/h4-7,12-13,24,27H,8-11H2,1-3H3. The first-order valence-electron chi connectivity index (χ1n) is 10.2. The number of H-pyrrole nitrogens is 1. The van der Waals surface area contributed by atoms with Gasteiger partial charge in [-0.1, -0.05) is 12.1 Å². The highest BCUT2D eigenvalue weighted by Gasteiger charge is 2.28. The average molecular weight is 439 g/mol. The zero-order valence-corrected chi connectivity index (χ0v) is 18.2. The zero-order valence-electron chi connectivity index (χ0n) is 18.2. The lowest BCUT2D eigenvalue weighted by Crippen LogP contribution is -2.50. The van der Waals surface area contributed by atoms with Gasteiger partial charge in [-0.25, -0.2) is 0 Å². The lowest BCUT2D eigenvalue weighted by atomic mass is 10.1. The Bertz CT molecular complexity index is 1160. The quantitative estimate of drug-likeness (QED) is 0.633. The van der Waals surface area contributed by atoms with Gasteiger partial charge < -0.3 is 34.1 Å². The maximum absolute atomic E-state index is 13.2. The summed E-state index contributed by atoms with van der Waals surface area (Å²) in [6.45, 7) is 1.51. The number of fused-ring (bicyclic) bond motifs is 1. The number of hydrogen-bond acceptors (Lipinski definition) is 6. The van der Waals surface area contributed by atoms with E-state index in [1.54, 1.807) is 47.2 Å². The first-order chi connectivity index (χ1) is 15.5. The molecule has 1 aromatic heterocycles. The molecule has 2 N–H and O–H groups in total. The summed E-state index contributed by atoms with van der Waals surface area (Å²) in [6, 6.07) is 9.91. The van der Waals surface area contributed by atoms with Gasteiger partial charge in [-0.15, -0.1) is 0 Å². The van der Waals surface area contributed by atoms with E-state index in [0.29, 0.717) is 60.0 Å². The van der Waals surface area contributed by atoms with Gasteiger partial charge in [0.25, 0.3) is 11.8 Å². The number of carbonyl (C=O) groups excluding carboxylic acids is 2. The van der Waals surface area contributed by atoms with E-state index in [9.17, 15) is 14.7 Å². The number of phenols is 1. The Kier molecular flexibility index (Phi) is 5.81. The summed E-state index contributed by atoms with van der Waals surface area (Å²) in [5, 5.41) is 10.7. The molecule has 0 bridgehead atoms. The third-order valence-electron chi connectivity index (χ3n) is 5.66. The highest BCUT2D eigenvalue weighted by molar-refractivity contribution is 6.02. The molecule has 0 aliphatic carbocycles. The number of rotatable bonds is 5. The van der Waals surface area contributed by atoms with Crippen LogP contribution in [0.1, 0.15) is 20.8 Å². The van der Waals surface area contributed by atoms with Gasteiger partial charge in [0.05, 0.1) is 32.4 Å². The van der Waals surface area contributed by atoms with Gasteiger partial charge in [-0.2, -0.15) is 0 Å². The molecule has 0 atom stereocenters. The Morgan fingerprint density at radius 1 is 0.875 bits per heavy atom. The van der Waals surface area contributed by atoms with Crippen LogP contribution in [0.15, 0.2) is 36.4 Å². The van der Waals surface area contributed by atoms with Gasteiger partial charge >= 0.3 is 0 Å². The Morgan fingerprint density at radius 2 is 1.50 bits per heavy atom. The van der Waals surface area contributed by atoms with E-state index in [4.69, 9.17) is 14.2 Å². The number of para-hydroxylation sites is 1. The summed E-state index contributed by atoms with van der Waals surface area (Å²) in [4.78, 5) is 32.3. The third kappa shape index (κ3) is 3.66. The second kappa shape index (κ2) is 8.70. The molecule has 2 heterocycles. The van der Waals surface area contributed by atoms with Crippen molar-refractivity contribution in [3.63, 3.8) is 0 Å². The van der Waals surface area contributed by atoms with E-state index in [2.05, 4.69) is 4.98 Å². The van der Waals surface area contributed by atoms with Crippen LogP contribution in [0.25, 0.3) is 10.9 Å². The molecule has 1 fully saturated rings. The molecule has 3 aromatic rings. The van der Waals surface area contributed by atoms with E-state index in [1.807, 2.05) is 0 Å². The van der Waals surface area contributed by atoms with Crippen LogP contribution in [0.4, 0.5) is 0 Å². The van der Waals surface area contributed by atoms with Gasteiger partial charge in [-0.3, -0.25) is 9.59 Å². The highest BCUT2D eigenvalue weighted by Crippen LogP contribution is 2.41. The molecule has 2 aromatic carbocycles. The second-order valence-electron chi connectivity index (χ2n) is 7.39. The van der Waals surface area contributed by atoms with Gasteiger partial charge in [0.2, 0.25) is 0 Å². The van der Waals surface area contributed by atoms with E-state index in [0.717, 1.165) is 0 Å². The molecule has 1 aliphatic heterocycles. The number of nitrogens with zero attached hydrogens (tertiary/aromatic N) is 2. The number of nitrogens with one attached hydrogen (secondary N) is 1. The van der Waals surface area contributed by atoms with Crippen LogP contribution in [0.2, 0.25) is 0 Å². The van der Waals surface area contributed by atoms with Crippen molar-refractivity contribution in [3.05, 3.63) is 47.7 Å². The van der Waals surface area contributed by atoms with Gasteiger partial charge in [0.15, 0.2) is 11.5 Å². The van der Waals surface area contributed by atoms with Crippen LogP contribution in [0, 0.1) is 0 Å². The van der Waals surface area contributed by atoms with E-state index in [-0.39, 0.29) is 23.1 Å². The minimum Gasteiger partial charge on any atom is -0.507 e. The number of hydrogen-bond donors (Lipinski definition) is 2. The van der Waals surface area contributed by atoms with Crippen molar-refractivity contribution >= 4 is 22.7 Å². The fourth-order valence-electron chi connectivity index (χ4n) is 3.96. The Balaban J connectivity index is 1.53. The smallest absolute Gasteiger partial charge is 0.270 e. The lowest BCUT2D eigenvalue weighted by molar-refractivity contribution is 0.0531. The van der Waals surface area contributed by atoms with Crippen molar-refractivity contribution in [2.75, 3.05) is 47.5 Å². The summed E-state index contributed by atoms with van der Waals surface area (Å²) >= 11 is 0. The Morgan fingerprint density at radius 3 is 2.09 bits per heavy atom. The molecule has 168 valence electrons. The Hall–Kier alpha value is -3.88. The summed E-state index contributed by atoms with van der Waals surface area (Å²) in [6.07, 6.45) is 0.